The summed E-state index contributed by atoms with van der Waals surface area (Å²) in [5, 5.41) is 3.28. The highest BCUT2D eigenvalue weighted by atomic mass is 19.3. The number of anilines is 1. The Morgan fingerprint density at radius 3 is 2.60 bits per heavy atom. The van der Waals surface area contributed by atoms with Gasteiger partial charge in [-0.15, -0.1) is 0 Å². The van der Waals surface area contributed by atoms with Crippen molar-refractivity contribution >= 4 is 5.69 Å². The monoisotopic (exact) mass is 277 g/mol. The highest BCUT2D eigenvalue weighted by molar-refractivity contribution is 5.58. The number of hydrogen-bond acceptors (Lipinski definition) is 3. The van der Waals surface area contributed by atoms with Gasteiger partial charge in [-0.05, 0) is 29.8 Å². The van der Waals surface area contributed by atoms with Crippen LogP contribution < -0.4 is 14.8 Å². The van der Waals surface area contributed by atoms with Crippen LogP contribution in [0.5, 0.6) is 11.5 Å². The molecule has 2 aromatic rings. The van der Waals surface area contributed by atoms with E-state index in [9.17, 15) is 8.78 Å². The third-order valence-electron chi connectivity index (χ3n) is 3.11. The summed E-state index contributed by atoms with van der Waals surface area (Å²) < 4.78 is 34.4. The molecule has 2 aromatic carbocycles. The molecule has 1 aliphatic heterocycles. The van der Waals surface area contributed by atoms with Crippen molar-refractivity contribution < 1.29 is 18.3 Å². The van der Waals surface area contributed by atoms with Crippen molar-refractivity contribution in [3.63, 3.8) is 0 Å². The minimum atomic E-state index is -2.81. The smallest absolute Gasteiger partial charge is 0.387 e. The number of fused-ring (bicyclic) bond motifs is 1. The van der Waals surface area contributed by atoms with Crippen LogP contribution in [0.3, 0.4) is 0 Å². The van der Waals surface area contributed by atoms with Crippen LogP contribution in [0.25, 0.3) is 0 Å². The second-order valence-corrected chi connectivity index (χ2v) is 4.43. The maximum Gasteiger partial charge on any atom is 0.387 e. The van der Waals surface area contributed by atoms with Crippen LogP contribution in [0.1, 0.15) is 11.7 Å². The standard InChI is InChI=1S/C15H13F2NO2/c16-15(17)19-11-7-5-10(6-8-11)14-9-18-12-3-1-2-4-13(12)20-14/h1-8,14-15,18H,9H2. The molecule has 1 unspecified atom stereocenters. The van der Waals surface area contributed by atoms with Gasteiger partial charge in [0.2, 0.25) is 0 Å². The lowest BCUT2D eigenvalue weighted by atomic mass is 10.1. The van der Waals surface area contributed by atoms with E-state index in [1.807, 2.05) is 24.3 Å². The van der Waals surface area contributed by atoms with Crippen molar-refractivity contribution in [1.82, 2.24) is 0 Å². The lowest BCUT2D eigenvalue weighted by molar-refractivity contribution is -0.0498. The number of hydrogen-bond donors (Lipinski definition) is 1. The largest absolute Gasteiger partial charge is 0.482 e. The normalized spacial score (nSPS) is 17.1. The minimum Gasteiger partial charge on any atom is -0.482 e. The molecular formula is C15H13F2NO2. The van der Waals surface area contributed by atoms with Gasteiger partial charge in [0.15, 0.2) is 0 Å². The molecule has 3 rings (SSSR count). The van der Waals surface area contributed by atoms with Gasteiger partial charge in [-0.2, -0.15) is 8.78 Å². The molecule has 104 valence electrons. The fraction of sp³-hybridized carbons (Fsp3) is 0.200. The molecule has 0 amide bonds. The SMILES string of the molecule is FC(F)Oc1ccc(C2CNc3ccccc3O2)cc1. The lowest BCUT2D eigenvalue weighted by Gasteiger charge is -2.27. The Morgan fingerprint density at radius 2 is 1.85 bits per heavy atom. The molecule has 0 aromatic heterocycles. The number of para-hydroxylation sites is 2. The number of halogens is 2. The van der Waals surface area contributed by atoms with E-state index in [2.05, 4.69) is 10.1 Å². The van der Waals surface area contributed by atoms with Gasteiger partial charge in [0.1, 0.15) is 17.6 Å². The molecular weight excluding hydrogens is 264 g/mol. The highest BCUT2D eigenvalue weighted by Gasteiger charge is 2.20. The van der Waals surface area contributed by atoms with Crippen molar-refractivity contribution in [3.05, 3.63) is 54.1 Å². The summed E-state index contributed by atoms with van der Waals surface area (Å²) in [5.74, 6) is 0.935. The van der Waals surface area contributed by atoms with Crippen molar-refractivity contribution in [1.29, 1.82) is 0 Å². The van der Waals surface area contributed by atoms with E-state index in [0.29, 0.717) is 6.54 Å². The molecule has 3 nitrogen and oxygen atoms in total. The second-order valence-electron chi connectivity index (χ2n) is 4.43. The van der Waals surface area contributed by atoms with Crippen LogP contribution in [0, 0.1) is 0 Å². The van der Waals surface area contributed by atoms with Gasteiger partial charge in [0, 0.05) is 0 Å². The first-order valence-electron chi connectivity index (χ1n) is 6.27. The summed E-state index contributed by atoms with van der Waals surface area (Å²) in [6.45, 7) is -2.17. The summed E-state index contributed by atoms with van der Waals surface area (Å²) >= 11 is 0. The molecule has 0 saturated heterocycles. The molecule has 1 aliphatic rings. The van der Waals surface area contributed by atoms with Crippen molar-refractivity contribution in [3.8, 4) is 11.5 Å². The van der Waals surface area contributed by atoms with Crippen molar-refractivity contribution in [2.75, 3.05) is 11.9 Å². The van der Waals surface area contributed by atoms with Crippen molar-refractivity contribution in [2.24, 2.45) is 0 Å². The van der Waals surface area contributed by atoms with E-state index in [4.69, 9.17) is 4.74 Å². The Hall–Kier alpha value is -2.30. The summed E-state index contributed by atoms with van der Waals surface area (Å²) in [6.07, 6.45) is -0.148. The summed E-state index contributed by atoms with van der Waals surface area (Å²) in [4.78, 5) is 0. The fourth-order valence-electron chi connectivity index (χ4n) is 2.16. The van der Waals surface area contributed by atoms with Gasteiger partial charge in [-0.25, -0.2) is 0 Å². The average molecular weight is 277 g/mol. The molecule has 1 heterocycles. The molecule has 0 aliphatic carbocycles. The molecule has 0 fully saturated rings. The van der Waals surface area contributed by atoms with Crippen LogP contribution in [-0.4, -0.2) is 13.2 Å². The maximum atomic E-state index is 12.1. The summed E-state index contributed by atoms with van der Waals surface area (Å²) in [5.41, 5.74) is 1.87. The Bertz CT molecular complexity index is 587. The first kappa shape index (κ1) is 12.7. The zero-order valence-electron chi connectivity index (χ0n) is 10.6. The first-order valence-corrected chi connectivity index (χ1v) is 6.27. The minimum absolute atomic E-state index is 0.146. The van der Waals surface area contributed by atoms with Crippen LogP contribution in [0.2, 0.25) is 0 Å². The third kappa shape index (κ3) is 2.66. The average Bonchev–Trinajstić information content (AvgIpc) is 2.47. The Kier molecular flexibility index (Phi) is 3.41. The predicted molar refractivity (Wildman–Crippen MR) is 71.4 cm³/mol. The van der Waals surface area contributed by atoms with Crippen LogP contribution >= 0.6 is 0 Å². The van der Waals surface area contributed by atoms with Gasteiger partial charge in [-0.3, -0.25) is 0 Å². The van der Waals surface area contributed by atoms with E-state index < -0.39 is 6.61 Å². The van der Waals surface area contributed by atoms with Crippen LogP contribution in [-0.2, 0) is 0 Å². The lowest BCUT2D eigenvalue weighted by Crippen LogP contribution is -2.23. The van der Waals surface area contributed by atoms with E-state index in [1.165, 1.54) is 12.1 Å². The molecule has 0 bridgehead atoms. The second kappa shape index (κ2) is 5.36. The number of benzene rings is 2. The number of ether oxygens (including phenoxy) is 2. The maximum absolute atomic E-state index is 12.1. The molecule has 1 atom stereocenters. The van der Waals surface area contributed by atoms with Crippen LogP contribution in [0.4, 0.5) is 14.5 Å². The fourth-order valence-corrected chi connectivity index (χ4v) is 2.16. The van der Waals surface area contributed by atoms with E-state index in [0.717, 1.165) is 17.0 Å². The zero-order valence-corrected chi connectivity index (χ0v) is 10.6. The van der Waals surface area contributed by atoms with Gasteiger partial charge in [0.25, 0.3) is 0 Å². The van der Waals surface area contributed by atoms with Gasteiger partial charge in [0.05, 0.1) is 12.2 Å². The van der Waals surface area contributed by atoms with Gasteiger partial charge >= 0.3 is 6.61 Å². The van der Waals surface area contributed by atoms with E-state index in [1.54, 1.807) is 12.1 Å². The topological polar surface area (TPSA) is 30.5 Å². The summed E-state index contributed by atoms with van der Waals surface area (Å²) in [6, 6.07) is 14.2. The third-order valence-corrected chi connectivity index (χ3v) is 3.11. The first-order chi connectivity index (χ1) is 9.72. The van der Waals surface area contributed by atoms with E-state index in [-0.39, 0.29) is 11.9 Å². The molecule has 1 N–H and O–H groups in total. The van der Waals surface area contributed by atoms with Gasteiger partial charge < -0.3 is 14.8 Å². The Morgan fingerprint density at radius 1 is 1.10 bits per heavy atom. The molecule has 5 heteroatoms. The number of rotatable bonds is 3. The van der Waals surface area contributed by atoms with Crippen LogP contribution in [0.15, 0.2) is 48.5 Å². The Balaban J connectivity index is 1.74. The molecule has 0 saturated carbocycles. The Labute approximate surface area is 115 Å². The zero-order chi connectivity index (χ0) is 13.9. The van der Waals surface area contributed by atoms with Gasteiger partial charge in [-0.1, -0.05) is 24.3 Å². The van der Waals surface area contributed by atoms with E-state index >= 15 is 0 Å². The number of nitrogens with one attached hydrogen (secondary N) is 1. The molecule has 0 spiro atoms. The molecule has 20 heavy (non-hydrogen) atoms. The highest BCUT2D eigenvalue weighted by Crippen LogP contribution is 2.34. The van der Waals surface area contributed by atoms with Crippen molar-refractivity contribution in [2.45, 2.75) is 12.7 Å². The predicted octanol–water partition coefficient (Wildman–Crippen LogP) is 3.83. The molecule has 0 radical (unpaired) electrons. The quantitative estimate of drug-likeness (QED) is 0.924. The summed E-state index contributed by atoms with van der Waals surface area (Å²) in [7, 11) is 0. The number of alkyl halides is 2.